The molecule has 1 aliphatic heterocycles. The molecular formula is C23H31N3O4S. The van der Waals surface area contributed by atoms with E-state index in [1.807, 2.05) is 35.0 Å². The van der Waals surface area contributed by atoms with Gasteiger partial charge in [0.15, 0.2) is 11.5 Å². The van der Waals surface area contributed by atoms with Crippen LogP contribution in [0.1, 0.15) is 30.5 Å². The number of piperidine rings is 1. The minimum Gasteiger partial charge on any atom is -0.496 e. The molecule has 1 aromatic carbocycles. The zero-order valence-electron chi connectivity index (χ0n) is 18.7. The number of rotatable bonds is 8. The average Bonchev–Trinajstić information content (AvgIpc) is 3.22. The van der Waals surface area contributed by atoms with Gasteiger partial charge in [-0.15, -0.1) is 11.3 Å². The molecule has 31 heavy (non-hydrogen) atoms. The Bertz CT molecular complexity index is 910. The number of benzene rings is 1. The van der Waals surface area contributed by atoms with Gasteiger partial charge in [0.05, 0.1) is 39.1 Å². The van der Waals surface area contributed by atoms with Gasteiger partial charge in [-0.25, -0.2) is 4.98 Å². The number of likely N-dealkylation sites (tertiary alicyclic amines) is 1. The Morgan fingerprint density at radius 1 is 1.16 bits per heavy atom. The Kier molecular flexibility index (Phi) is 6.39. The fourth-order valence-corrected chi connectivity index (χ4v) is 5.31. The van der Waals surface area contributed by atoms with Gasteiger partial charge in [-0.1, -0.05) is 0 Å². The first-order valence-electron chi connectivity index (χ1n) is 10.6. The van der Waals surface area contributed by atoms with Crippen molar-refractivity contribution in [3.63, 3.8) is 0 Å². The molecule has 1 aromatic heterocycles. The first-order valence-corrected chi connectivity index (χ1v) is 11.6. The molecule has 4 rings (SSSR count). The van der Waals surface area contributed by atoms with Crippen LogP contribution in [0.4, 0.5) is 0 Å². The Morgan fingerprint density at radius 2 is 1.84 bits per heavy atom. The molecule has 2 heterocycles. The summed E-state index contributed by atoms with van der Waals surface area (Å²) >= 11 is 1.57. The summed E-state index contributed by atoms with van der Waals surface area (Å²) < 4.78 is 16.4. The highest BCUT2D eigenvalue weighted by Gasteiger charge is 2.59. The highest BCUT2D eigenvalue weighted by Crippen LogP contribution is 2.60. The highest BCUT2D eigenvalue weighted by atomic mass is 32.1. The molecule has 0 radical (unpaired) electrons. The van der Waals surface area contributed by atoms with E-state index < -0.39 is 0 Å². The normalized spacial score (nSPS) is 19.8. The van der Waals surface area contributed by atoms with Crippen LogP contribution in [-0.2, 0) is 17.9 Å². The third kappa shape index (κ3) is 4.50. The first kappa shape index (κ1) is 21.9. The van der Waals surface area contributed by atoms with Crippen LogP contribution in [0.2, 0.25) is 0 Å². The minimum absolute atomic E-state index is 0.161. The van der Waals surface area contributed by atoms with Crippen molar-refractivity contribution >= 4 is 17.2 Å². The van der Waals surface area contributed by atoms with E-state index in [0.717, 1.165) is 55.9 Å². The molecule has 1 aliphatic carbocycles. The van der Waals surface area contributed by atoms with Crippen LogP contribution >= 0.6 is 11.3 Å². The molecule has 8 heteroatoms. The summed E-state index contributed by atoms with van der Waals surface area (Å²) in [5.41, 5.74) is 4.05. The summed E-state index contributed by atoms with van der Waals surface area (Å²) in [6.07, 6.45) is 3.13. The molecular weight excluding hydrogens is 414 g/mol. The van der Waals surface area contributed by atoms with E-state index in [1.165, 1.54) is 0 Å². The van der Waals surface area contributed by atoms with Gasteiger partial charge in [0.1, 0.15) is 5.75 Å². The molecule has 2 fully saturated rings. The number of aromatic nitrogens is 1. The van der Waals surface area contributed by atoms with Gasteiger partial charge in [0, 0.05) is 36.5 Å². The maximum Gasteiger partial charge on any atom is 0.226 e. The van der Waals surface area contributed by atoms with Gasteiger partial charge in [-0.2, -0.15) is 0 Å². The van der Waals surface area contributed by atoms with Crippen LogP contribution < -0.4 is 14.2 Å². The minimum atomic E-state index is 0.161. The number of thiazole rings is 1. The summed E-state index contributed by atoms with van der Waals surface area (Å²) in [7, 11) is 6.85. The molecule has 1 saturated heterocycles. The van der Waals surface area contributed by atoms with Crippen molar-refractivity contribution < 1.29 is 19.0 Å². The molecule has 7 nitrogen and oxygen atoms in total. The average molecular weight is 446 g/mol. The Morgan fingerprint density at radius 3 is 2.45 bits per heavy atom. The number of carbonyl (C=O) groups excluding carboxylic acids is 1. The maximum atomic E-state index is 12.9. The molecule has 2 aromatic rings. The fraction of sp³-hybridized carbons (Fsp3) is 0.565. The summed E-state index contributed by atoms with van der Waals surface area (Å²) in [6.45, 7) is 3.36. The standard InChI is InChI=1S/C23H31N3O4S/c1-25(13-17-14-31-15-24-17)22(27)18-11-23(18)5-7-26(8-6-23)12-16-9-20(29-3)21(30-4)10-19(16)28-2/h9-10,14-15,18H,5-8,11-13H2,1-4H3/t18-/m0/s1. The Hall–Kier alpha value is -2.32. The highest BCUT2D eigenvalue weighted by molar-refractivity contribution is 7.07. The molecule has 0 bridgehead atoms. The van der Waals surface area contributed by atoms with Gasteiger partial charge < -0.3 is 19.1 Å². The maximum absolute atomic E-state index is 12.9. The van der Waals surface area contributed by atoms with E-state index in [-0.39, 0.29) is 17.2 Å². The molecule has 1 atom stereocenters. The number of hydrogen-bond acceptors (Lipinski definition) is 7. The quantitative estimate of drug-likeness (QED) is 0.620. The third-order valence-electron chi connectivity index (χ3n) is 6.78. The van der Waals surface area contributed by atoms with Crippen LogP contribution in [0.15, 0.2) is 23.0 Å². The third-order valence-corrected chi connectivity index (χ3v) is 7.41. The summed E-state index contributed by atoms with van der Waals surface area (Å²) in [6, 6.07) is 3.88. The molecule has 1 spiro atoms. The van der Waals surface area contributed by atoms with Crippen molar-refractivity contribution in [2.45, 2.75) is 32.4 Å². The van der Waals surface area contributed by atoms with Gasteiger partial charge >= 0.3 is 0 Å². The number of nitrogens with zero attached hydrogens (tertiary/aromatic N) is 3. The number of methoxy groups -OCH3 is 3. The lowest BCUT2D eigenvalue weighted by molar-refractivity contribution is -0.133. The SMILES string of the molecule is COc1cc(OC)c(OC)cc1CN1CCC2(CC1)C[C@H]2C(=O)N(C)Cc1cscn1. The molecule has 0 unspecified atom stereocenters. The number of carbonyl (C=O) groups is 1. The van der Waals surface area contributed by atoms with Crippen molar-refractivity contribution in [3.05, 3.63) is 34.3 Å². The summed E-state index contributed by atoms with van der Waals surface area (Å²) in [5.74, 6) is 2.61. The van der Waals surface area contributed by atoms with Gasteiger partial charge in [0.2, 0.25) is 5.91 Å². The number of hydrogen-bond donors (Lipinski definition) is 0. The number of ether oxygens (including phenoxy) is 3. The first-order chi connectivity index (χ1) is 15.0. The Balaban J connectivity index is 1.34. The van der Waals surface area contributed by atoms with Gasteiger partial charge in [0.25, 0.3) is 0 Å². The second kappa shape index (κ2) is 9.04. The summed E-state index contributed by atoms with van der Waals surface area (Å²) in [5, 5.41) is 2.01. The van der Waals surface area contributed by atoms with Crippen molar-refractivity contribution in [1.82, 2.24) is 14.8 Å². The van der Waals surface area contributed by atoms with Crippen LogP contribution in [0.5, 0.6) is 17.2 Å². The van der Waals surface area contributed by atoms with Crippen LogP contribution in [0.25, 0.3) is 0 Å². The van der Waals surface area contributed by atoms with Crippen molar-refractivity contribution in [2.24, 2.45) is 11.3 Å². The monoisotopic (exact) mass is 445 g/mol. The molecule has 1 saturated carbocycles. The van der Waals surface area contributed by atoms with Crippen molar-refractivity contribution in [2.75, 3.05) is 41.5 Å². The second-order valence-electron chi connectivity index (χ2n) is 8.59. The van der Waals surface area contributed by atoms with Gasteiger partial charge in [-0.3, -0.25) is 9.69 Å². The van der Waals surface area contributed by atoms with Gasteiger partial charge in [-0.05, 0) is 43.8 Å². The van der Waals surface area contributed by atoms with Crippen LogP contribution in [0.3, 0.4) is 0 Å². The van der Waals surface area contributed by atoms with Crippen molar-refractivity contribution in [1.29, 1.82) is 0 Å². The predicted octanol–water partition coefficient (Wildman–Crippen LogP) is 3.43. The van der Waals surface area contributed by atoms with Crippen molar-refractivity contribution in [3.8, 4) is 17.2 Å². The van der Waals surface area contributed by atoms with Crippen LogP contribution in [-0.4, -0.2) is 62.2 Å². The Labute approximate surface area is 187 Å². The smallest absolute Gasteiger partial charge is 0.226 e. The second-order valence-corrected chi connectivity index (χ2v) is 9.31. The lowest BCUT2D eigenvalue weighted by Crippen LogP contribution is -2.37. The largest absolute Gasteiger partial charge is 0.496 e. The molecule has 2 aliphatic rings. The molecule has 0 N–H and O–H groups in total. The van der Waals surface area contributed by atoms with E-state index in [1.54, 1.807) is 32.7 Å². The number of amides is 1. The van der Waals surface area contributed by atoms with E-state index in [0.29, 0.717) is 18.0 Å². The lowest BCUT2D eigenvalue weighted by Gasteiger charge is -2.33. The molecule has 168 valence electrons. The lowest BCUT2D eigenvalue weighted by atomic mass is 9.90. The zero-order chi connectivity index (χ0) is 22.0. The molecule has 1 amide bonds. The van der Waals surface area contributed by atoms with E-state index >= 15 is 0 Å². The fourth-order valence-electron chi connectivity index (χ4n) is 4.77. The van der Waals surface area contributed by atoms with E-state index in [4.69, 9.17) is 14.2 Å². The summed E-state index contributed by atoms with van der Waals surface area (Å²) in [4.78, 5) is 21.5. The van der Waals surface area contributed by atoms with E-state index in [2.05, 4.69) is 9.88 Å². The van der Waals surface area contributed by atoms with E-state index in [9.17, 15) is 4.79 Å². The topological polar surface area (TPSA) is 64.1 Å². The van der Waals surface area contributed by atoms with Crippen LogP contribution in [0, 0.1) is 11.3 Å². The zero-order valence-corrected chi connectivity index (χ0v) is 19.5. The predicted molar refractivity (Wildman–Crippen MR) is 120 cm³/mol.